The summed E-state index contributed by atoms with van der Waals surface area (Å²) in [6.07, 6.45) is 1.69. The zero-order valence-corrected chi connectivity index (χ0v) is 19.0. The van der Waals surface area contributed by atoms with Crippen molar-refractivity contribution in [2.45, 2.75) is 17.7 Å². The number of carbonyl (C=O) groups excluding carboxylic acids is 1. The molecule has 0 spiro atoms. The van der Waals surface area contributed by atoms with Crippen molar-refractivity contribution in [3.8, 4) is 11.1 Å². The third-order valence-electron chi connectivity index (χ3n) is 5.35. The predicted octanol–water partition coefficient (Wildman–Crippen LogP) is 4.84. The molecule has 0 bridgehead atoms. The summed E-state index contributed by atoms with van der Waals surface area (Å²) in [4.78, 5) is 12.7. The number of sulfonamides is 1. The van der Waals surface area contributed by atoms with E-state index in [2.05, 4.69) is 10.6 Å². The van der Waals surface area contributed by atoms with Crippen LogP contribution in [-0.4, -0.2) is 38.3 Å². The van der Waals surface area contributed by atoms with Gasteiger partial charge < -0.3 is 10.6 Å². The van der Waals surface area contributed by atoms with Crippen LogP contribution >= 0.6 is 11.6 Å². The molecule has 0 atom stereocenters. The highest BCUT2D eigenvalue weighted by molar-refractivity contribution is 7.89. The van der Waals surface area contributed by atoms with Gasteiger partial charge >= 0.3 is 0 Å². The minimum absolute atomic E-state index is 0.0199. The number of carbonyl (C=O) groups is 1. The van der Waals surface area contributed by atoms with E-state index in [1.807, 2.05) is 54.6 Å². The monoisotopic (exact) mass is 469 g/mol. The summed E-state index contributed by atoms with van der Waals surface area (Å²) in [7, 11) is -3.65. The van der Waals surface area contributed by atoms with Crippen molar-refractivity contribution in [1.29, 1.82) is 0 Å². The lowest BCUT2D eigenvalue weighted by Crippen LogP contribution is -2.28. The van der Waals surface area contributed by atoms with Gasteiger partial charge in [-0.1, -0.05) is 60.1 Å². The summed E-state index contributed by atoms with van der Waals surface area (Å²) in [5.74, 6) is -0.243. The first kappa shape index (κ1) is 22.3. The molecule has 1 heterocycles. The second-order valence-corrected chi connectivity index (χ2v) is 9.88. The van der Waals surface area contributed by atoms with Crippen molar-refractivity contribution in [3.63, 3.8) is 0 Å². The minimum Gasteiger partial charge on any atom is -0.376 e. The van der Waals surface area contributed by atoms with Gasteiger partial charge in [0.15, 0.2) is 0 Å². The van der Waals surface area contributed by atoms with Crippen LogP contribution < -0.4 is 10.6 Å². The lowest BCUT2D eigenvalue weighted by Gasteiger charge is -2.17. The molecule has 1 aliphatic rings. The fraction of sp³-hybridized carbons (Fsp3) is 0.208. The van der Waals surface area contributed by atoms with Crippen LogP contribution in [0.4, 0.5) is 11.4 Å². The Morgan fingerprint density at radius 3 is 2.38 bits per heavy atom. The van der Waals surface area contributed by atoms with Crippen LogP contribution in [0.2, 0.25) is 5.02 Å². The highest BCUT2D eigenvalue weighted by Gasteiger charge is 2.29. The zero-order chi connectivity index (χ0) is 22.6. The van der Waals surface area contributed by atoms with E-state index in [0.717, 1.165) is 24.0 Å². The number of rotatable bonds is 7. The Bertz CT molecular complexity index is 1210. The average Bonchev–Trinajstić information content (AvgIpc) is 3.35. The third-order valence-corrected chi connectivity index (χ3v) is 7.73. The highest BCUT2D eigenvalue weighted by Crippen LogP contribution is 2.30. The molecule has 0 aliphatic carbocycles. The van der Waals surface area contributed by atoms with Crippen LogP contribution in [0.25, 0.3) is 11.1 Å². The maximum Gasteiger partial charge on any atom is 0.244 e. The Hall–Kier alpha value is -2.87. The Morgan fingerprint density at radius 1 is 0.938 bits per heavy atom. The maximum atomic E-state index is 12.9. The number of para-hydroxylation sites is 1. The molecule has 6 nitrogen and oxygen atoms in total. The standard InChI is InChI=1S/C24H24ClN3O3S/c25-21-13-12-19(16-23(21)32(30,31)28-14-6-7-15-28)26-17-24(29)27-22-11-5-4-10-20(22)18-8-2-1-3-9-18/h1-5,8-13,16,26H,6-7,14-15,17H2,(H,27,29). The lowest BCUT2D eigenvalue weighted by molar-refractivity contribution is -0.114. The van der Waals surface area contributed by atoms with Crippen LogP contribution in [0.5, 0.6) is 0 Å². The largest absolute Gasteiger partial charge is 0.376 e. The number of anilines is 2. The molecule has 0 unspecified atom stereocenters. The summed E-state index contributed by atoms with van der Waals surface area (Å²) in [5, 5.41) is 6.10. The number of hydrogen-bond donors (Lipinski definition) is 2. The number of halogens is 1. The predicted molar refractivity (Wildman–Crippen MR) is 128 cm³/mol. The second-order valence-electron chi connectivity index (χ2n) is 7.57. The Morgan fingerprint density at radius 2 is 1.62 bits per heavy atom. The summed E-state index contributed by atoms with van der Waals surface area (Å²) in [6, 6.07) is 22.1. The van der Waals surface area contributed by atoms with E-state index in [4.69, 9.17) is 11.6 Å². The zero-order valence-electron chi connectivity index (χ0n) is 17.4. The third kappa shape index (κ3) is 4.96. The molecule has 2 N–H and O–H groups in total. The summed E-state index contributed by atoms with van der Waals surface area (Å²) in [6.45, 7) is 0.979. The number of nitrogens with zero attached hydrogens (tertiary/aromatic N) is 1. The minimum atomic E-state index is -3.65. The van der Waals surface area contributed by atoms with Crippen LogP contribution in [0, 0.1) is 0 Å². The van der Waals surface area contributed by atoms with E-state index in [0.29, 0.717) is 24.5 Å². The van der Waals surface area contributed by atoms with E-state index in [1.165, 1.54) is 16.4 Å². The van der Waals surface area contributed by atoms with Crippen molar-refractivity contribution < 1.29 is 13.2 Å². The first-order chi connectivity index (χ1) is 15.4. The number of benzene rings is 3. The van der Waals surface area contributed by atoms with E-state index in [-0.39, 0.29) is 22.4 Å². The average molecular weight is 470 g/mol. The molecule has 1 aliphatic heterocycles. The molecule has 32 heavy (non-hydrogen) atoms. The van der Waals surface area contributed by atoms with Crippen LogP contribution in [0.1, 0.15) is 12.8 Å². The molecule has 8 heteroatoms. The van der Waals surface area contributed by atoms with Gasteiger partial charge in [0.05, 0.1) is 11.6 Å². The van der Waals surface area contributed by atoms with Gasteiger partial charge in [0.25, 0.3) is 0 Å². The van der Waals surface area contributed by atoms with E-state index in [1.54, 1.807) is 6.07 Å². The molecule has 0 saturated carbocycles. The first-order valence-corrected chi connectivity index (χ1v) is 12.2. The normalized spacial score (nSPS) is 14.3. The molecule has 1 saturated heterocycles. The van der Waals surface area contributed by atoms with E-state index >= 15 is 0 Å². The lowest BCUT2D eigenvalue weighted by atomic mass is 10.0. The van der Waals surface area contributed by atoms with Crippen molar-refractivity contribution in [3.05, 3.63) is 77.8 Å². The van der Waals surface area contributed by atoms with Gasteiger partial charge in [0, 0.05) is 30.0 Å². The first-order valence-electron chi connectivity index (χ1n) is 10.4. The summed E-state index contributed by atoms with van der Waals surface area (Å²) in [5.41, 5.74) is 3.15. The second kappa shape index (κ2) is 9.73. The van der Waals surface area contributed by atoms with Crippen molar-refractivity contribution in [1.82, 2.24) is 4.31 Å². The fourth-order valence-corrected chi connectivity index (χ4v) is 5.73. The van der Waals surface area contributed by atoms with Crippen LogP contribution in [0.3, 0.4) is 0 Å². The quantitative estimate of drug-likeness (QED) is 0.519. The van der Waals surface area contributed by atoms with Gasteiger partial charge in [-0.05, 0) is 42.7 Å². The fourth-order valence-electron chi connectivity index (χ4n) is 3.72. The van der Waals surface area contributed by atoms with Crippen LogP contribution in [-0.2, 0) is 14.8 Å². The number of amides is 1. The molecule has 3 aromatic rings. The Kier molecular flexibility index (Phi) is 6.79. The molecule has 0 aromatic heterocycles. The van der Waals surface area contributed by atoms with Gasteiger partial charge in [-0.2, -0.15) is 4.31 Å². The summed E-state index contributed by atoms with van der Waals surface area (Å²) < 4.78 is 27.2. The molecule has 1 fully saturated rings. The molecule has 3 aromatic carbocycles. The topological polar surface area (TPSA) is 78.5 Å². The highest BCUT2D eigenvalue weighted by atomic mass is 35.5. The van der Waals surface area contributed by atoms with Gasteiger partial charge in [-0.3, -0.25) is 4.79 Å². The molecular formula is C24H24ClN3O3S. The van der Waals surface area contributed by atoms with Crippen molar-refractivity contribution in [2.24, 2.45) is 0 Å². The Balaban J connectivity index is 1.46. The van der Waals surface area contributed by atoms with Crippen LogP contribution in [0.15, 0.2) is 77.7 Å². The molecule has 166 valence electrons. The Labute approximate surface area is 193 Å². The van der Waals surface area contributed by atoms with Gasteiger partial charge in [0.1, 0.15) is 4.90 Å². The maximum absolute atomic E-state index is 12.9. The van der Waals surface area contributed by atoms with Crippen molar-refractivity contribution in [2.75, 3.05) is 30.3 Å². The molecule has 4 rings (SSSR count). The molecule has 0 radical (unpaired) electrons. The smallest absolute Gasteiger partial charge is 0.244 e. The van der Waals surface area contributed by atoms with Crippen molar-refractivity contribution >= 4 is 38.9 Å². The van der Waals surface area contributed by atoms with E-state index < -0.39 is 10.0 Å². The molecule has 1 amide bonds. The number of nitrogens with one attached hydrogen (secondary N) is 2. The van der Waals surface area contributed by atoms with Gasteiger partial charge in [-0.15, -0.1) is 0 Å². The van der Waals surface area contributed by atoms with Gasteiger partial charge in [0.2, 0.25) is 15.9 Å². The molecular weight excluding hydrogens is 446 g/mol. The SMILES string of the molecule is O=C(CNc1ccc(Cl)c(S(=O)(=O)N2CCCC2)c1)Nc1ccccc1-c1ccccc1. The van der Waals surface area contributed by atoms with Gasteiger partial charge in [-0.25, -0.2) is 8.42 Å². The van der Waals surface area contributed by atoms with E-state index in [9.17, 15) is 13.2 Å². The number of hydrogen-bond acceptors (Lipinski definition) is 4. The summed E-state index contributed by atoms with van der Waals surface area (Å²) >= 11 is 6.19.